The van der Waals surface area contributed by atoms with Gasteiger partial charge in [-0.1, -0.05) is 6.07 Å². The highest BCUT2D eigenvalue weighted by atomic mass is 16.5. The number of benzene rings is 1. The summed E-state index contributed by atoms with van der Waals surface area (Å²) in [5.74, 6) is 1.07. The van der Waals surface area contributed by atoms with Crippen LogP contribution < -0.4 is 14.8 Å². The number of aromatic nitrogens is 4. The number of carboxylic acid groups (broad SMARTS) is 1. The van der Waals surface area contributed by atoms with Crippen molar-refractivity contribution in [3.8, 4) is 23.1 Å². The van der Waals surface area contributed by atoms with Crippen molar-refractivity contribution in [2.24, 2.45) is 0 Å². The second-order valence-corrected chi connectivity index (χ2v) is 6.00. The largest absolute Gasteiger partial charge is 0.493 e. The maximum absolute atomic E-state index is 11.5. The molecule has 0 aliphatic heterocycles. The molecule has 4 aromatic rings. The van der Waals surface area contributed by atoms with Crippen LogP contribution in [0, 0.1) is 0 Å². The van der Waals surface area contributed by atoms with Gasteiger partial charge in [0.15, 0.2) is 28.6 Å². The van der Waals surface area contributed by atoms with E-state index in [2.05, 4.69) is 20.4 Å². The Kier molecular flexibility index (Phi) is 4.73. The Labute approximate surface area is 164 Å². The monoisotopic (exact) mass is 395 g/mol. The first-order valence-electron chi connectivity index (χ1n) is 8.59. The number of rotatable bonds is 7. The Balaban J connectivity index is 1.69. The molecule has 10 nitrogen and oxygen atoms in total. The lowest BCUT2D eigenvalue weighted by Gasteiger charge is -2.11. The lowest BCUT2D eigenvalue weighted by atomic mass is 10.2. The summed E-state index contributed by atoms with van der Waals surface area (Å²) in [6, 6.07) is 10.3. The highest BCUT2D eigenvalue weighted by Gasteiger charge is 2.17. The maximum Gasteiger partial charge on any atom is 0.354 e. The van der Waals surface area contributed by atoms with Crippen LogP contribution in [0.1, 0.15) is 16.1 Å². The highest BCUT2D eigenvalue weighted by Crippen LogP contribution is 2.28. The summed E-state index contributed by atoms with van der Waals surface area (Å²) in [5, 5.41) is 16.9. The Hall–Kier alpha value is -4.08. The van der Waals surface area contributed by atoms with Gasteiger partial charge >= 0.3 is 5.97 Å². The van der Waals surface area contributed by atoms with Crippen molar-refractivity contribution in [1.29, 1.82) is 0 Å². The van der Waals surface area contributed by atoms with E-state index in [1.54, 1.807) is 32.4 Å². The van der Waals surface area contributed by atoms with Gasteiger partial charge in [0.25, 0.3) is 0 Å². The minimum Gasteiger partial charge on any atom is -0.493 e. The maximum atomic E-state index is 11.5. The number of ether oxygens (including phenoxy) is 2. The van der Waals surface area contributed by atoms with Crippen molar-refractivity contribution in [3.05, 3.63) is 53.9 Å². The first-order valence-corrected chi connectivity index (χ1v) is 8.59. The number of anilines is 1. The molecular weight excluding hydrogens is 378 g/mol. The first-order chi connectivity index (χ1) is 14.1. The van der Waals surface area contributed by atoms with Gasteiger partial charge in [0.2, 0.25) is 11.8 Å². The van der Waals surface area contributed by atoms with Crippen molar-refractivity contribution in [2.45, 2.75) is 6.54 Å². The van der Waals surface area contributed by atoms with Gasteiger partial charge in [-0.25, -0.2) is 14.8 Å². The number of nitrogens with one attached hydrogen (secondary N) is 1. The third-order valence-electron chi connectivity index (χ3n) is 4.18. The van der Waals surface area contributed by atoms with Crippen LogP contribution in [-0.4, -0.2) is 44.9 Å². The molecule has 1 aromatic carbocycles. The summed E-state index contributed by atoms with van der Waals surface area (Å²) >= 11 is 0. The first kappa shape index (κ1) is 18.3. The summed E-state index contributed by atoms with van der Waals surface area (Å²) in [7, 11) is 3.12. The van der Waals surface area contributed by atoms with Crippen molar-refractivity contribution in [3.63, 3.8) is 0 Å². The molecule has 0 fully saturated rings. The van der Waals surface area contributed by atoms with Gasteiger partial charge < -0.3 is 24.3 Å². The molecule has 10 heteroatoms. The van der Waals surface area contributed by atoms with Crippen LogP contribution in [0.3, 0.4) is 0 Å². The van der Waals surface area contributed by atoms with E-state index in [0.29, 0.717) is 35.3 Å². The average Bonchev–Trinajstić information content (AvgIpc) is 3.40. The van der Waals surface area contributed by atoms with Crippen LogP contribution in [0.15, 0.2) is 47.1 Å². The van der Waals surface area contributed by atoms with E-state index in [9.17, 15) is 9.90 Å². The molecule has 3 aromatic heterocycles. The molecule has 29 heavy (non-hydrogen) atoms. The highest BCUT2D eigenvalue weighted by molar-refractivity contribution is 5.87. The van der Waals surface area contributed by atoms with Gasteiger partial charge in [0.05, 0.1) is 20.5 Å². The lowest BCUT2D eigenvalue weighted by Crippen LogP contribution is -2.11. The second-order valence-electron chi connectivity index (χ2n) is 6.00. The fourth-order valence-corrected chi connectivity index (χ4v) is 2.80. The molecule has 0 atom stereocenters. The van der Waals surface area contributed by atoms with E-state index >= 15 is 0 Å². The van der Waals surface area contributed by atoms with E-state index in [0.717, 1.165) is 5.56 Å². The smallest absolute Gasteiger partial charge is 0.354 e. The molecule has 148 valence electrons. The minimum absolute atomic E-state index is 0.147. The second kappa shape index (κ2) is 7.50. The molecular formula is C19H17N5O5. The third kappa shape index (κ3) is 3.55. The number of carboxylic acids is 1. The minimum atomic E-state index is -1.16. The van der Waals surface area contributed by atoms with Crippen molar-refractivity contribution in [2.75, 3.05) is 19.5 Å². The zero-order chi connectivity index (χ0) is 20.4. The molecule has 0 radical (unpaired) electrons. The molecule has 0 unspecified atom stereocenters. The van der Waals surface area contributed by atoms with Crippen LogP contribution >= 0.6 is 0 Å². The molecule has 0 saturated carbocycles. The topological polar surface area (TPSA) is 124 Å². The van der Waals surface area contributed by atoms with E-state index < -0.39 is 5.97 Å². The number of fused-ring (bicyclic) bond motifs is 1. The SMILES string of the molecule is COc1ccc(CNc2nc(C(=O)O)cc3nc(-c4ccco4)nn23)cc1OC. The lowest BCUT2D eigenvalue weighted by molar-refractivity contribution is 0.0690. The fraction of sp³-hybridized carbons (Fsp3) is 0.158. The molecule has 2 N–H and O–H groups in total. The van der Waals surface area contributed by atoms with Crippen molar-refractivity contribution in [1.82, 2.24) is 19.6 Å². The number of furan rings is 1. The quantitative estimate of drug-likeness (QED) is 0.486. The molecule has 0 amide bonds. The number of aromatic carboxylic acids is 1. The standard InChI is InChI=1S/C19H17N5O5/c1-27-13-6-5-11(8-15(13)28-2)10-20-19-21-12(18(25)26)9-16-22-17(23-24(16)19)14-4-3-7-29-14/h3-9H,10H2,1-2H3,(H,20,21)(H,25,26). The van der Waals surface area contributed by atoms with Crippen molar-refractivity contribution < 1.29 is 23.8 Å². The molecule has 0 aliphatic carbocycles. The Morgan fingerprint density at radius 1 is 1.17 bits per heavy atom. The van der Waals surface area contributed by atoms with E-state index in [1.807, 2.05) is 12.1 Å². The summed E-state index contributed by atoms with van der Waals surface area (Å²) in [6.45, 7) is 0.349. The average molecular weight is 395 g/mol. The van der Waals surface area contributed by atoms with Gasteiger partial charge in [-0.3, -0.25) is 0 Å². The van der Waals surface area contributed by atoms with Crippen LogP contribution in [0.2, 0.25) is 0 Å². The van der Waals surface area contributed by atoms with Gasteiger partial charge in [0, 0.05) is 12.6 Å². The Morgan fingerprint density at radius 3 is 2.69 bits per heavy atom. The summed E-state index contributed by atoms with van der Waals surface area (Å²) in [5.41, 5.74) is 1.06. The zero-order valence-electron chi connectivity index (χ0n) is 15.6. The Bertz CT molecular complexity index is 1170. The number of hydrogen-bond donors (Lipinski definition) is 2. The van der Waals surface area contributed by atoms with Gasteiger partial charge in [0.1, 0.15) is 0 Å². The molecule has 3 heterocycles. The van der Waals surface area contributed by atoms with Crippen LogP contribution in [-0.2, 0) is 6.54 Å². The van der Waals surface area contributed by atoms with Crippen molar-refractivity contribution >= 4 is 17.6 Å². The summed E-state index contributed by atoms with van der Waals surface area (Å²) in [6.07, 6.45) is 1.51. The third-order valence-corrected chi connectivity index (χ3v) is 4.18. The van der Waals surface area contributed by atoms with Gasteiger partial charge in [-0.15, -0.1) is 5.10 Å². The van der Waals surface area contributed by atoms with E-state index in [-0.39, 0.29) is 11.6 Å². The molecule has 0 saturated heterocycles. The number of methoxy groups -OCH3 is 2. The number of nitrogens with zero attached hydrogens (tertiary/aromatic N) is 4. The summed E-state index contributed by atoms with van der Waals surface area (Å²) in [4.78, 5) is 20.0. The molecule has 0 bridgehead atoms. The predicted molar refractivity (Wildman–Crippen MR) is 102 cm³/mol. The van der Waals surface area contributed by atoms with Crippen LogP contribution in [0.25, 0.3) is 17.2 Å². The predicted octanol–water partition coefficient (Wildman–Crippen LogP) is 2.71. The van der Waals surface area contributed by atoms with E-state index in [1.165, 1.54) is 16.8 Å². The van der Waals surface area contributed by atoms with Gasteiger partial charge in [-0.05, 0) is 29.8 Å². The van der Waals surface area contributed by atoms with Crippen LogP contribution in [0.5, 0.6) is 11.5 Å². The molecule has 0 spiro atoms. The number of hydrogen-bond acceptors (Lipinski definition) is 8. The molecule has 0 aliphatic rings. The van der Waals surface area contributed by atoms with Gasteiger partial charge in [-0.2, -0.15) is 4.52 Å². The van der Waals surface area contributed by atoms with Crippen LogP contribution in [0.4, 0.5) is 5.95 Å². The van der Waals surface area contributed by atoms with E-state index in [4.69, 9.17) is 13.9 Å². The zero-order valence-corrected chi connectivity index (χ0v) is 15.6. The summed E-state index contributed by atoms with van der Waals surface area (Å²) < 4.78 is 17.3. The Morgan fingerprint density at radius 2 is 2.00 bits per heavy atom. The fourth-order valence-electron chi connectivity index (χ4n) is 2.80. The normalized spacial score (nSPS) is 10.8. The number of carbonyl (C=O) groups is 1. The molecule has 4 rings (SSSR count).